The Balaban J connectivity index is 1.49. The summed E-state index contributed by atoms with van der Waals surface area (Å²) in [4.78, 5) is 8.98. The summed E-state index contributed by atoms with van der Waals surface area (Å²) in [5, 5.41) is 13.8. The van der Waals surface area contributed by atoms with Crippen LogP contribution < -0.4 is 5.32 Å². The van der Waals surface area contributed by atoms with Crippen LogP contribution in [0.2, 0.25) is 0 Å². The number of anilines is 1. The maximum Gasteiger partial charge on any atom is 0.137 e. The van der Waals surface area contributed by atoms with Gasteiger partial charge in [-0.1, -0.05) is 12.8 Å². The molecule has 4 heterocycles. The molecule has 6 nitrogen and oxygen atoms in total. The van der Waals surface area contributed by atoms with E-state index in [4.69, 9.17) is 4.42 Å². The smallest absolute Gasteiger partial charge is 0.137 e. The lowest BCUT2D eigenvalue weighted by Gasteiger charge is -2.29. The van der Waals surface area contributed by atoms with Gasteiger partial charge >= 0.3 is 0 Å². The van der Waals surface area contributed by atoms with Crippen molar-refractivity contribution >= 4 is 11.3 Å². The molecule has 0 unspecified atom stereocenters. The Morgan fingerprint density at radius 1 is 1.07 bits per heavy atom. The molecule has 6 heteroatoms. The Labute approximate surface area is 162 Å². The minimum atomic E-state index is -0.288. The van der Waals surface area contributed by atoms with Crippen molar-refractivity contribution in [3.8, 4) is 22.5 Å². The molecule has 28 heavy (non-hydrogen) atoms. The molecule has 0 spiro atoms. The zero-order valence-corrected chi connectivity index (χ0v) is 15.5. The fourth-order valence-corrected chi connectivity index (χ4v) is 3.93. The van der Waals surface area contributed by atoms with Crippen molar-refractivity contribution in [2.75, 3.05) is 5.32 Å². The zero-order valence-electron chi connectivity index (χ0n) is 15.5. The van der Waals surface area contributed by atoms with Gasteiger partial charge in [-0.15, -0.1) is 0 Å². The van der Waals surface area contributed by atoms with Crippen LogP contribution in [-0.2, 0) is 0 Å². The lowest BCUT2D eigenvalue weighted by molar-refractivity contribution is 0.116. The highest BCUT2D eigenvalue weighted by molar-refractivity contribution is 5.70. The minimum Gasteiger partial charge on any atom is -0.472 e. The Bertz CT molecular complexity index is 1090. The molecule has 1 aliphatic carbocycles. The third kappa shape index (κ3) is 3.16. The van der Waals surface area contributed by atoms with E-state index in [2.05, 4.69) is 25.9 Å². The summed E-state index contributed by atoms with van der Waals surface area (Å²) in [5.74, 6) is 0. The van der Waals surface area contributed by atoms with E-state index in [9.17, 15) is 5.11 Å². The summed E-state index contributed by atoms with van der Waals surface area (Å²) < 4.78 is 7.26. The van der Waals surface area contributed by atoms with Gasteiger partial charge in [0.05, 0.1) is 47.9 Å². The van der Waals surface area contributed by atoms with Gasteiger partial charge in [0, 0.05) is 23.5 Å². The van der Waals surface area contributed by atoms with Crippen LogP contribution >= 0.6 is 0 Å². The molecule has 0 aliphatic heterocycles. The van der Waals surface area contributed by atoms with E-state index in [-0.39, 0.29) is 12.1 Å². The lowest BCUT2D eigenvalue weighted by atomic mass is 9.92. The van der Waals surface area contributed by atoms with E-state index in [1.165, 1.54) is 0 Å². The van der Waals surface area contributed by atoms with Crippen LogP contribution in [0, 0.1) is 0 Å². The second-order valence-corrected chi connectivity index (χ2v) is 7.33. The maximum atomic E-state index is 10.3. The predicted molar refractivity (Wildman–Crippen MR) is 108 cm³/mol. The van der Waals surface area contributed by atoms with E-state index >= 15 is 0 Å². The van der Waals surface area contributed by atoms with Gasteiger partial charge < -0.3 is 14.8 Å². The average molecular weight is 374 g/mol. The quantitative estimate of drug-likeness (QED) is 0.555. The van der Waals surface area contributed by atoms with Gasteiger partial charge in [0.2, 0.25) is 0 Å². The number of furan rings is 1. The van der Waals surface area contributed by atoms with Gasteiger partial charge in [0.25, 0.3) is 0 Å². The number of hydrogen-bond acceptors (Lipinski definition) is 5. The van der Waals surface area contributed by atoms with Crippen molar-refractivity contribution in [1.29, 1.82) is 0 Å². The van der Waals surface area contributed by atoms with E-state index in [1.807, 2.05) is 36.5 Å². The van der Waals surface area contributed by atoms with Crippen molar-refractivity contribution in [2.45, 2.75) is 37.8 Å². The predicted octanol–water partition coefficient (Wildman–Crippen LogP) is 4.37. The van der Waals surface area contributed by atoms with Gasteiger partial charge in [-0.25, -0.2) is 4.98 Å². The molecule has 2 atom stereocenters. The molecular formula is C22H22N4O2. The topological polar surface area (TPSA) is 75.6 Å². The summed E-state index contributed by atoms with van der Waals surface area (Å²) in [6.45, 7) is 0. The number of nitrogens with zero attached hydrogens (tertiary/aromatic N) is 3. The number of fused-ring (bicyclic) bond motifs is 1. The second kappa shape index (κ2) is 7.13. The number of rotatable bonds is 4. The van der Waals surface area contributed by atoms with Crippen LogP contribution in [0.4, 0.5) is 5.69 Å². The van der Waals surface area contributed by atoms with Crippen LogP contribution in [0.5, 0.6) is 0 Å². The zero-order chi connectivity index (χ0) is 18.9. The first-order chi connectivity index (χ1) is 13.8. The van der Waals surface area contributed by atoms with E-state index in [0.29, 0.717) is 0 Å². The van der Waals surface area contributed by atoms with E-state index < -0.39 is 0 Å². The summed E-state index contributed by atoms with van der Waals surface area (Å²) in [5.41, 5.74) is 5.71. The van der Waals surface area contributed by atoms with Gasteiger partial charge in [-0.2, -0.15) is 0 Å². The minimum absolute atomic E-state index is 0.104. The molecule has 1 saturated carbocycles. The Morgan fingerprint density at radius 2 is 2.00 bits per heavy atom. The first kappa shape index (κ1) is 17.0. The highest BCUT2D eigenvalue weighted by atomic mass is 16.3. The standard InChI is InChI=1S/C22H22N4O2/c27-21-4-2-1-3-18(21)25-17-5-6-22-24-12-20(26(22)13-17)15-7-9-23-19(11-15)16-8-10-28-14-16/h5-14,18,21,25,27H,1-4H2/t18-,21-/m1/s1. The number of hydrogen-bond donors (Lipinski definition) is 2. The average Bonchev–Trinajstić information content (AvgIpc) is 3.40. The monoisotopic (exact) mass is 374 g/mol. The number of aromatic nitrogens is 3. The summed E-state index contributed by atoms with van der Waals surface area (Å²) >= 11 is 0. The lowest BCUT2D eigenvalue weighted by Crippen LogP contribution is -2.36. The molecule has 1 fully saturated rings. The van der Waals surface area contributed by atoms with Crippen molar-refractivity contribution < 1.29 is 9.52 Å². The van der Waals surface area contributed by atoms with Crippen molar-refractivity contribution in [3.63, 3.8) is 0 Å². The van der Waals surface area contributed by atoms with E-state index in [1.54, 1.807) is 18.7 Å². The molecule has 1 aliphatic rings. The first-order valence-electron chi connectivity index (χ1n) is 9.69. The number of aliphatic hydroxyl groups is 1. The highest BCUT2D eigenvalue weighted by Crippen LogP contribution is 2.27. The van der Waals surface area contributed by atoms with Gasteiger partial charge in [0.15, 0.2) is 0 Å². The molecule has 5 rings (SSSR count). The van der Waals surface area contributed by atoms with Crippen LogP contribution in [0.25, 0.3) is 28.2 Å². The Morgan fingerprint density at radius 3 is 2.86 bits per heavy atom. The number of nitrogens with one attached hydrogen (secondary N) is 1. The molecule has 142 valence electrons. The van der Waals surface area contributed by atoms with Crippen LogP contribution in [0.3, 0.4) is 0 Å². The third-order valence-corrected chi connectivity index (χ3v) is 5.46. The summed E-state index contributed by atoms with van der Waals surface area (Å²) in [6.07, 6.45) is 12.9. The molecule has 4 aromatic heterocycles. The Hall–Kier alpha value is -3.12. The highest BCUT2D eigenvalue weighted by Gasteiger charge is 2.22. The fourth-order valence-electron chi connectivity index (χ4n) is 3.93. The maximum absolute atomic E-state index is 10.3. The number of aliphatic hydroxyl groups excluding tert-OH is 1. The molecule has 0 radical (unpaired) electrons. The molecule has 0 aromatic carbocycles. The summed E-state index contributed by atoms with van der Waals surface area (Å²) in [6, 6.07) is 10.1. The number of imidazole rings is 1. The second-order valence-electron chi connectivity index (χ2n) is 7.33. The van der Waals surface area contributed by atoms with Crippen molar-refractivity contribution in [3.05, 3.63) is 61.4 Å². The molecule has 0 saturated heterocycles. The van der Waals surface area contributed by atoms with Gasteiger partial charge in [0.1, 0.15) is 5.65 Å². The van der Waals surface area contributed by atoms with E-state index in [0.717, 1.165) is 59.5 Å². The molecule has 0 amide bonds. The van der Waals surface area contributed by atoms with Crippen LogP contribution in [0.1, 0.15) is 25.7 Å². The SMILES string of the molecule is O[C@@H]1CCCC[C@H]1Nc1ccc2ncc(-c3ccnc(-c4ccoc4)c3)n2c1. The van der Waals surface area contributed by atoms with Crippen molar-refractivity contribution in [2.24, 2.45) is 0 Å². The molecule has 4 aromatic rings. The van der Waals surface area contributed by atoms with Gasteiger partial charge in [-0.3, -0.25) is 9.38 Å². The first-order valence-corrected chi connectivity index (χ1v) is 9.69. The Kier molecular flexibility index (Phi) is 4.33. The normalized spacial score (nSPS) is 19.8. The van der Waals surface area contributed by atoms with Crippen molar-refractivity contribution in [1.82, 2.24) is 14.4 Å². The molecule has 2 N–H and O–H groups in total. The van der Waals surface area contributed by atoms with Crippen LogP contribution in [-0.4, -0.2) is 31.6 Å². The van der Waals surface area contributed by atoms with Crippen LogP contribution in [0.15, 0.2) is 65.9 Å². The largest absolute Gasteiger partial charge is 0.472 e. The number of pyridine rings is 2. The fraction of sp³-hybridized carbons (Fsp3) is 0.273. The molecule has 0 bridgehead atoms. The molecular weight excluding hydrogens is 352 g/mol. The van der Waals surface area contributed by atoms with Gasteiger partial charge in [-0.05, 0) is 43.2 Å². The third-order valence-electron chi connectivity index (χ3n) is 5.46. The summed E-state index contributed by atoms with van der Waals surface area (Å²) in [7, 11) is 0.